The van der Waals surface area contributed by atoms with E-state index in [0.717, 1.165) is 11.8 Å². The zero-order valence-electron chi connectivity index (χ0n) is 10.3. The van der Waals surface area contributed by atoms with Crippen LogP contribution in [0.25, 0.3) is 0 Å². The van der Waals surface area contributed by atoms with E-state index in [1.165, 1.54) is 6.92 Å². The van der Waals surface area contributed by atoms with E-state index in [1.54, 1.807) is 13.1 Å². The molecule has 0 saturated carbocycles. The number of aromatic nitrogens is 2. The van der Waals surface area contributed by atoms with Crippen LogP contribution in [-0.2, 0) is 0 Å². The topological polar surface area (TPSA) is 91.1 Å². The van der Waals surface area contributed by atoms with Crippen molar-refractivity contribution in [2.75, 3.05) is 5.32 Å². The molecule has 6 nitrogen and oxygen atoms in total. The summed E-state index contributed by atoms with van der Waals surface area (Å²) < 4.78 is 38.1. The van der Waals surface area contributed by atoms with Crippen molar-refractivity contribution in [1.29, 1.82) is 0 Å². The van der Waals surface area contributed by atoms with Crippen LogP contribution in [0.15, 0.2) is 23.0 Å². The lowest BCUT2D eigenvalue weighted by atomic mass is 10.0. The molecule has 0 aliphatic carbocycles. The molecular formula is C10H13F3N6. The summed E-state index contributed by atoms with van der Waals surface area (Å²) in [7, 11) is 0. The predicted octanol–water partition coefficient (Wildman–Crippen LogP) is 1.21. The number of nitrogens with zero attached hydrogens (tertiary/aromatic N) is 2. The number of H-pyrrole nitrogens is 1. The first kappa shape index (κ1) is 13.4. The Balaban J connectivity index is 2.21. The number of anilines is 1. The predicted molar refractivity (Wildman–Crippen MR) is 64.2 cm³/mol. The third-order valence-corrected chi connectivity index (χ3v) is 2.62. The average Bonchev–Trinajstić information content (AvgIpc) is 2.61. The molecule has 1 aromatic rings. The molecule has 0 spiro atoms. The number of guanidine groups is 1. The number of aryl methyl sites for hydroxylation is 1. The van der Waals surface area contributed by atoms with Crippen molar-refractivity contribution in [2.45, 2.75) is 25.7 Å². The smallest absolute Gasteiger partial charge is 0.332 e. The van der Waals surface area contributed by atoms with Crippen molar-refractivity contribution in [3.05, 3.63) is 23.5 Å². The number of nitrogens with one attached hydrogen (secondary N) is 3. The maximum atomic E-state index is 12.7. The molecule has 104 valence electrons. The van der Waals surface area contributed by atoms with Gasteiger partial charge in [-0.25, -0.2) is 4.99 Å². The number of hydrogen-bond donors (Lipinski definition) is 4. The van der Waals surface area contributed by atoms with Gasteiger partial charge in [-0.2, -0.15) is 18.3 Å². The quantitative estimate of drug-likeness (QED) is 0.619. The summed E-state index contributed by atoms with van der Waals surface area (Å²) >= 11 is 0. The number of nitrogens with two attached hydrogens (primary N) is 1. The van der Waals surface area contributed by atoms with Gasteiger partial charge in [-0.15, -0.1) is 0 Å². The highest BCUT2D eigenvalue weighted by Crippen LogP contribution is 2.34. The van der Waals surface area contributed by atoms with Crippen LogP contribution in [0.2, 0.25) is 0 Å². The maximum Gasteiger partial charge on any atom is 0.417 e. The molecule has 1 aliphatic heterocycles. The first-order chi connectivity index (χ1) is 8.70. The largest absolute Gasteiger partial charge is 0.417 e. The average molecular weight is 274 g/mol. The molecule has 0 radical (unpaired) electrons. The molecule has 1 atom stereocenters. The van der Waals surface area contributed by atoms with E-state index in [0.29, 0.717) is 5.82 Å². The Kier molecular flexibility index (Phi) is 3.01. The monoisotopic (exact) mass is 274 g/mol. The van der Waals surface area contributed by atoms with Crippen molar-refractivity contribution in [3.8, 4) is 0 Å². The fourth-order valence-electron chi connectivity index (χ4n) is 1.64. The minimum absolute atomic E-state index is 0.116. The van der Waals surface area contributed by atoms with E-state index in [4.69, 9.17) is 5.73 Å². The SMILES string of the molecule is Cc1cn[nH]c1NC1=NC(C)(N)C(C(F)(F)F)=CN1. The van der Waals surface area contributed by atoms with Crippen LogP contribution in [0, 0.1) is 6.92 Å². The Labute approximate surface area is 107 Å². The lowest BCUT2D eigenvalue weighted by Crippen LogP contribution is -2.49. The number of alkyl halides is 3. The molecule has 19 heavy (non-hydrogen) atoms. The highest BCUT2D eigenvalue weighted by molar-refractivity contribution is 5.95. The Morgan fingerprint density at radius 1 is 1.42 bits per heavy atom. The van der Waals surface area contributed by atoms with Crippen LogP contribution >= 0.6 is 0 Å². The summed E-state index contributed by atoms with van der Waals surface area (Å²) in [5, 5.41) is 11.6. The van der Waals surface area contributed by atoms with Gasteiger partial charge in [0, 0.05) is 11.8 Å². The van der Waals surface area contributed by atoms with Gasteiger partial charge in [0.05, 0.1) is 11.8 Å². The molecule has 5 N–H and O–H groups in total. The first-order valence-electron chi connectivity index (χ1n) is 5.40. The molecule has 0 fully saturated rings. The minimum atomic E-state index is -4.53. The van der Waals surface area contributed by atoms with Gasteiger partial charge in [0.1, 0.15) is 11.5 Å². The fraction of sp³-hybridized carbons (Fsp3) is 0.400. The van der Waals surface area contributed by atoms with Gasteiger partial charge in [0.2, 0.25) is 5.96 Å². The van der Waals surface area contributed by atoms with Gasteiger partial charge in [-0.1, -0.05) is 0 Å². The first-order valence-corrected chi connectivity index (χ1v) is 5.40. The van der Waals surface area contributed by atoms with Gasteiger partial charge < -0.3 is 16.4 Å². The van der Waals surface area contributed by atoms with E-state index in [2.05, 4.69) is 25.8 Å². The normalized spacial score (nSPS) is 23.5. The van der Waals surface area contributed by atoms with E-state index >= 15 is 0 Å². The highest BCUT2D eigenvalue weighted by Gasteiger charge is 2.45. The summed E-state index contributed by atoms with van der Waals surface area (Å²) in [6, 6.07) is 0. The maximum absolute atomic E-state index is 12.7. The number of hydrogen-bond acceptors (Lipinski definition) is 5. The summed E-state index contributed by atoms with van der Waals surface area (Å²) in [5.74, 6) is 0.649. The fourth-order valence-corrected chi connectivity index (χ4v) is 1.64. The molecule has 1 unspecified atom stereocenters. The Hall–Kier alpha value is -2.03. The van der Waals surface area contributed by atoms with E-state index in [1.807, 2.05) is 0 Å². The van der Waals surface area contributed by atoms with Gasteiger partial charge in [0.25, 0.3) is 0 Å². The molecule has 0 amide bonds. The van der Waals surface area contributed by atoms with Crippen molar-refractivity contribution in [1.82, 2.24) is 15.5 Å². The number of halogens is 3. The Bertz CT molecular complexity index is 540. The molecule has 2 rings (SSSR count). The van der Waals surface area contributed by atoms with Crippen molar-refractivity contribution < 1.29 is 13.2 Å². The van der Waals surface area contributed by atoms with Crippen molar-refractivity contribution in [3.63, 3.8) is 0 Å². The molecular weight excluding hydrogens is 261 g/mol. The number of aliphatic imine (C=N–C) groups is 1. The van der Waals surface area contributed by atoms with Crippen LogP contribution < -0.4 is 16.4 Å². The second-order valence-electron chi connectivity index (χ2n) is 4.36. The summed E-state index contributed by atoms with van der Waals surface area (Å²) in [4.78, 5) is 3.81. The molecule has 9 heteroatoms. The van der Waals surface area contributed by atoms with Crippen LogP contribution in [0.5, 0.6) is 0 Å². The van der Waals surface area contributed by atoms with Crippen LogP contribution in [-0.4, -0.2) is 28.0 Å². The third kappa shape index (κ3) is 2.70. The molecule has 0 bridgehead atoms. The van der Waals surface area contributed by atoms with Crippen LogP contribution in [0.3, 0.4) is 0 Å². The van der Waals surface area contributed by atoms with Crippen LogP contribution in [0.4, 0.5) is 19.0 Å². The second-order valence-corrected chi connectivity index (χ2v) is 4.36. The van der Waals surface area contributed by atoms with Gasteiger partial charge >= 0.3 is 6.18 Å². The second kappa shape index (κ2) is 4.26. The summed E-state index contributed by atoms with van der Waals surface area (Å²) in [6.45, 7) is 2.97. The van der Waals surface area contributed by atoms with E-state index in [-0.39, 0.29) is 5.96 Å². The summed E-state index contributed by atoms with van der Waals surface area (Å²) in [5.41, 5.74) is 3.60. The van der Waals surface area contributed by atoms with E-state index in [9.17, 15) is 13.2 Å². The lowest BCUT2D eigenvalue weighted by Gasteiger charge is -2.30. The molecule has 1 aromatic heterocycles. The molecule has 0 saturated heterocycles. The molecule has 1 aliphatic rings. The summed E-state index contributed by atoms with van der Waals surface area (Å²) in [6.07, 6.45) is -2.15. The zero-order valence-corrected chi connectivity index (χ0v) is 10.3. The van der Waals surface area contributed by atoms with Crippen molar-refractivity contribution in [2.24, 2.45) is 10.7 Å². The number of rotatable bonds is 1. The van der Waals surface area contributed by atoms with Gasteiger partial charge in [-0.3, -0.25) is 5.10 Å². The highest BCUT2D eigenvalue weighted by atomic mass is 19.4. The minimum Gasteiger partial charge on any atom is -0.332 e. The van der Waals surface area contributed by atoms with Gasteiger partial charge in [-0.05, 0) is 13.8 Å². The third-order valence-electron chi connectivity index (χ3n) is 2.62. The number of aromatic amines is 1. The van der Waals surface area contributed by atoms with Crippen molar-refractivity contribution >= 4 is 11.8 Å². The standard InChI is InChI=1S/C10H13F3N6/c1-5-3-16-19-7(5)17-8-15-4-6(10(11,12)13)9(2,14)18-8/h3-4H,14H2,1-2H3,(H3,15,16,17,18,19). The lowest BCUT2D eigenvalue weighted by molar-refractivity contribution is -0.100. The zero-order chi connectivity index (χ0) is 14.3. The molecule has 2 heterocycles. The molecule has 0 aromatic carbocycles. The van der Waals surface area contributed by atoms with Gasteiger partial charge in [0.15, 0.2) is 0 Å². The Morgan fingerprint density at radius 2 is 2.11 bits per heavy atom. The Morgan fingerprint density at radius 3 is 2.58 bits per heavy atom. The van der Waals surface area contributed by atoms with E-state index < -0.39 is 17.4 Å². The van der Waals surface area contributed by atoms with Crippen LogP contribution in [0.1, 0.15) is 12.5 Å².